The molecule has 4 rings (SSSR count). The Morgan fingerprint density at radius 1 is 1.16 bits per heavy atom. The topological polar surface area (TPSA) is 143 Å². The van der Waals surface area contributed by atoms with E-state index in [9.17, 15) is 22.5 Å². The standard InChI is InChI=1S/C20H16F3N6O4PS3/c1-29-10-25-28-19(29)37-15-7-6-14(35-12-4-2-11(3-5-12)20(21,22)23)16(26-15)17(30)27-18-24-8-13(36-18)9-34(31,32)33/h2-8,10H,9H2,1H3,(H,24,27,30)(H2,31,32,33). The van der Waals surface area contributed by atoms with Gasteiger partial charge in [-0.3, -0.25) is 14.7 Å². The van der Waals surface area contributed by atoms with Crippen LogP contribution in [0.25, 0.3) is 0 Å². The predicted octanol–water partition coefficient (Wildman–Crippen LogP) is 4.92. The van der Waals surface area contributed by atoms with E-state index >= 15 is 0 Å². The Bertz CT molecular complexity index is 1470. The molecule has 4 aromatic rings. The number of thiazole rings is 1. The number of amides is 1. The molecule has 0 saturated carbocycles. The fourth-order valence-corrected chi connectivity index (χ4v) is 6.32. The average Bonchev–Trinajstić information content (AvgIpc) is 3.41. The number of alkyl halides is 3. The predicted molar refractivity (Wildman–Crippen MR) is 131 cm³/mol. The Hall–Kier alpha value is -2.75. The second kappa shape index (κ2) is 10.9. The second-order valence-corrected chi connectivity index (χ2v) is 12.2. The Balaban J connectivity index is 1.62. The molecule has 37 heavy (non-hydrogen) atoms. The molecular formula is C20H16F3N6O4PS3. The lowest BCUT2D eigenvalue weighted by Crippen LogP contribution is -2.15. The van der Waals surface area contributed by atoms with Crippen molar-refractivity contribution in [3.63, 3.8) is 0 Å². The van der Waals surface area contributed by atoms with Crippen LogP contribution in [0.5, 0.6) is 0 Å². The number of rotatable bonds is 8. The first-order valence-electron chi connectivity index (χ1n) is 10.1. The number of benzene rings is 1. The van der Waals surface area contributed by atoms with Crippen LogP contribution in [0.1, 0.15) is 20.9 Å². The highest BCUT2D eigenvalue weighted by Crippen LogP contribution is 2.41. The lowest BCUT2D eigenvalue weighted by molar-refractivity contribution is -0.137. The summed E-state index contributed by atoms with van der Waals surface area (Å²) in [5, 5.41) is 11.4. The van der Waals surface area contributed by atoms with E-state index in [0.29, 0.717) is 20.0 Å². The van der Waals surface area contributed by atoms with Crippen LogP contribution in [0.4, 0.5) is 18.3 Å². The molecule has 3 heterocycles. The summed E-state index contributed by atoms with van der Waals surface area (Å²) in [6.45, 7) is 0. The lowest BCUT2D eigenvalue weighted by atomic mass is 10.2. The average molecular weight is 589 g/mol. The summed E-state index contributed by atoms with van der Waals surface area (Å²) in [6, 6.07) is 7.76. The minimum atomic E-state index is -4.47. The van der Waals surface area contributed by atoms with Crippen LogP contribution in [-0.2, 0) is 24.0 Å². The van der Waals surface area contributed by atoms with Gasteiger partial charge >= 0.3 is 13.8 Å². The van der Waals surface area contributed by atoms with E-state index in [0.717, 1.165) is 47.0 Å². The van der Waals surface area contributed by atoms with Crippen molar-refractivity contribution in [1.29, 1.82) is 0 Å². The summed E-state index contributed by atoms with van der Waals surface area (Å²) in [4.78, 5) is 41.0. The number of aromatic nitrogens is 5. The van der Waals surface area contributed by atoms with Crippen LogP contribution in [0.15, 0.2) is 68.9 Å². The Morgan fingerprint density at radius 2 is 1.89 bits per heavy atom. The Morgan fingerprint density at radius 3 is 2.51 bits per heavy atom. The molecule has 10 nitrogen and oxygen atoms in total. The first-order valence-corrected chi connectivity index (χ1v) is 14.3. The quantitative estimate of drug-likeness (QED) is 0.243. The van der Waals surface area contributed by atoms with E-state index in [-0.39, 0.29) is 15.7 Å². The van der Waals surface area contributed by atoms with E-state index in [4.69, 9.17) is 9.79 Å². The molecular weight excluding hydrogens is 572 g/mol. The molecule has 0 spiro atoms. The minimum Gasteiger partial charge on any atom is -0.324 e. The number of pyridine rings is 1. The van der Waals surface area contributed by atoms with Gasteiger partial charge in [-0.15, -0.1) is 21.5 Å². The number of nitrogens with one attached hydrogen (secondary N) is 1. The van der Waals surface area contributed by atoms with Crippen molar-refractivity contribution in [2.75, 3.05) is 5.32 Å². The van der Waals surface area contributed by atoms with Gasteiger partial charge in [-0.05, 0) is 48.2 Å². The van der Waals surface area contributed by atoms with Crippen molar-refractivity contribution in [3.8, 4) is 0 Å². The molecule has 1 amide bonds. The molecule has 194 valence electrons. The third-order valence-electron chi connectivity index (χ3n) is 4.46. The van der Waals surface area contributed by atoms with Gasteiger partial charge in [0, 0.05) is 27.9 Å². The molecule has 0 aliphatic carbocycles. The molecule has 1 aromatic carbocycles. The van der Waals surface area contributed by atoms with Crippen LogP contribution >= 0.6 is 42.5 Å². The normalized spacial score (nSPS) is 12.1. The van der Waals surface area contributed by atoms with Gasteiger partial charge in [-0.25, -0.2) is 9.97 Å². The highest BCUT2D eigenvalue weighted by atomic mass is 32.2. The van der Waals surface area contributed by atoms with Crippen molar-refractivity contribution in [3.05, 3.63) is 65.1 Å². The first-order chi connectivity index (χ1) is 17.4. The smallest absolute Gasteiger partial charge is 0.324 e. The van der Waals surface area contributed by atoms with Crippen LogP contribution < -0.4 is 5.32 Å². The zero-order valence-corrected chi connectivity index (χ0v) is 21.9. The molecule has 0 saturated heterocycles. The fraction of sp³-hybridized carbons (Fsp3) is 0.150. The molecule has 0 aliphatic rings. The molecule has 0 radical (unpaired) electrons. The van der Waals surface area contributed by atoms with E-state index in [1.54, 1.807) is 23.7 Å². The molecule has 0 atom stereocenters. The summed E-state index contributed by atoms with van der Waals surface area (Å²) < 4.78 is 51.6. The fourth-order valence-electron chi connectivity index (χ4n) is 2.83. The number of hydrogen-bond acceptors (Lipinski definition) is 9. The van der Waals surface area contributed by atoms with E-state index in [1.165, 1.54) is 24.7 Å². The van der Waals surface area contributed by atoms with Gasteiger partial charge in [0.15, 0.2) is 10.3 Å². The highest BCUT2D eigenvalue weighted by molar-refractivity contribution is 7.99. The maximum atomic E-state index is 13.2. The van der Waals surface area contributed by atoms with Crippen LogP contribution in [0, 0.1) is 0 Å². The van der Waals surface area contributed by atoms with Gasteiger partial charge in [0.05, 0.1) is 11.7 Å². The Kier molecular flexibility index (Phi) is 8.06. The van der Waals surface area contributed by atoms with Crippen molar-refractivity contribution < 1.29 is 32.3 Å². The molecule has 0 bridgehead atoms. The van der Waals surface area contributed by atoms with Gasteiger partial charge in [0.25, 0.3) is 5.91 Å². The summed E-state index contributed by atoms with van der Waals surface area (Å²) >= 11 is 3.11. The van der Waals surface area contributed by atoms with E-state index < -0.39 is 31.4 Å². The van der Waals surface area contributed by atoms with Crippen molar-refractivity contribution in [1.82, 2.24) is 24.7 Å². The van der Waals surface area contributed by atoms with Gasteiger partial charge in [0.2, 0.25) is 0 Å². The number of nitrogens with zero attached hydrogens (tertiary/aromatic N) is 5. The third-order valence-corrected chi connectivity index (χ3v) is 8.38. The largest absolute Gasteiger partial charge is 0.416 e. The molecule has 17 heteroatoms. The van der Waals surface area contributed by atoms with E-state index in [1.807, 2.05) is 0 Å². The second-order valence-electron chi connectivity index (χ2n) is 7.36. The number of carbonyl (C=O) groups is 1. The monoisotopic (exact) mass is 588 g/mol. The van der Waals surface area contributed by atoms with Crippen molar-refractivity contribution >= 4 is 53.5 Å². The van der Waals surface area contributed by atoms with Crippen LogP contribution in [0.2, 0.25) is 0 Å². The van der Waals surface area contributed by atoms with E-state index in [2.05, 4.69) is 25.5 Å². The SMILES string of the molecule is Cn1cnnc1Sc1ccc(Sc2ccc(C(F)(F)F)cc2)c(C(=O)Nc2ncc(CP(=O)(O)O)s2)n1. The maximum Gasteiger partial charge on any atom is 0.416 e. The zero-order valence-electron chi connectivity index (χ0n) is 18.6. The number of carbonyl (C=O) groups excluding carboxylic acids is 1. The summed E-state index contributed by atoms with van der Waals surface area (Å²) in [7, 11) is -2.57. The number of anilines is 1. The van der Waals surface area contributed by atoms with Crippen molar-refractivity contribution in [2.45, 2.75) is 32.3 Å². The van der Waals surface area contributed by atoms with Gasteiger partial charge in [0.1, 0.15) is 17.0 Å². The number of aryl methyl sites for hydroxylation is 1. The first kappa shape index (κ1) is 27.3. The molecule has 3 N–H and O–H groups in total. The lowest BCUT2D eigenvalue weighted by Gasteiger charge is -2.11. The van der Waals surface area contributed by atoms with Crippen LogP contribution in [0.3, 0.4) is 0 Å². The van der Waals surface area contributed by atoms with Gasteiger partial charge in [-0.1, -0.05) is 11.8 Å². The summed E-state index contributed by atoms with van der Waals surface area (Å²) in [5.41, 5.74) is -0.818. The number of halogens is 3. The summed E-state index contributed by atoms with van der Waals surface area (Å²) in [5.74, 6) is -0.660. The summed E-state index contributed by atoms with van der Waals surface area (Å²) in [6.07, 6.45) is -2.23. The number of hydrogen-bond donors (Lipinski definition) is 3. The third kappa shape index (κ3) is 7.40. The Labute approximate surface area is 219 Å². The van der Waals surface area contributed by atoms with Crippen molar-refractivity contribution in [2.24, 2.45) is 7.05 Å². The molecule has 3 aromatic heterocycles. The van der Waals surface area contributed by atoms with Gasteiger partial charge < -0.3 is 14.4 Å². The van der Waals surface area contributed by atoms with Crippen LogP contribution in [-0.4, -0.2) is 40.4 Å². The molecule has 0 aliphatic heterocycles. The van der Waals surface area contributed by atoms with Gasteiger partial charge in [-0.2, -0.15) is 13.2 Å². The molecule has 0 fully saturated rings. The highest BCUT2D eigenvalue weighted by Gasteiger charge is 2.30. The zero-order chi connectivity index (χ0) is 26.8. The molecule has 0 unspecified atom stereocenters. The maximum absolute atomic E-state index is 13.2. The minimum absolute atomic E-state index is 0.0243.